The zero-order valence-electron chi connectivity index (χ0n) is 19.9. The number of nitrogens with one attached hydrogen (secondary N) is 2. The number of carbonyl (C=O) groups excluding carboxylic acids is 2. The number of H-pyrrole nitrogens is 1. The van der Waals surface area contributed by atoms with Crippen LogP contribution in [-0.2, 0) is 11.3 Å². The van der Waals surface area contributed by atoms with E-state index in [2.05, 4.69) is 32.8 Å². The number of likely N-dealkylation sites (tertiary alicyclic amines) is 1. The van der Waals surface area contributed by atoms with Crippen molar-refractivity contribution in [3.8, 4) is 0 Å². The van der Waals surface area contributed by atoms with Crippen LogP contribution in [0.5, 0.6) is 0 Å². The highest BCUT2D eigenvalue weighted by Crippen LogP contribution is 2.35. The Balaban J connectivity index is 1.90. The third kappa shape index (κ3) is 5.09. The fourth-order valence-electron chi connectivity index (χ4n) is 4.57. The van der Waals surface area contributed by atoms with Crippen LogP contribution in [0.3, 0.4) is 0 Å². The number of pyridine rings is 1. The van der Waals surface area contributed by atoms with E-state index in [1.807, 2.05) is 24.8 Å². The molecule has 34 heavy (non-hydrogen) atoms. The minimum atomic E-state index is -0.449. The van der Waals surface area contributed by atoms with Crippen LogP contribution in [0.4, 0.5) is 10.1 Å². The highest BCUT2D eigenvalue weighted by molar-refractivity contribution is 9.10. The number of rotatable bonds is 7. The zero-order chi connectivity index (χ0) is 25.2. The van der Waals surface area contributed by atoms with Crippen molar-refractivity contribution in [1.29, 1.82) is 0 Å². The van der Waals surface area contributed by atoms with Gasteiger partial charge in [-0.25, -0.2) is 4.39 Å². The first kappa shape index (κ1) is 25.7. The van der Waals surface area contributed by atoms with Crippen LogP contribution in [0.2, 0.25) is 0 Å². The summed E-state index contributed by atoms with van der Waals surface area (Å²) in [5, 5.41) is 2.80. The first-order valence-corrected chi connectivity index (χ1v) is 12.0. The van der Waals surface area contributed by atoms with E-state index in [0.717, 1.165) is 11.3 Å². The molecule has 2 N–H and O–H groups in total. The number of nitrogens with zero attached hydrogens (tertiary/aromatic N) is 2. The van der Waals surface area contributed by atoms with Crippen molar-refractivity contribution in [1.82, 2.24) is 15.2 Å². The fraction of sp³-hybridized carbons (Fsp3) is 0.400. The molecule has 0 spiro atoms. The van der Waals surface area contributed by atoms with Gasteiger partial charge >= 0.3 is 0 Å². The lowest BCUT2D eigenvalue weighted by molar-refractivity contribution is -0.125. The maximum Gasteiger partial charge on any atom is 0.253 e. The molecule has 1 saturated heterocycles. The Morgan fingerprint density at radius 2 is 2.06 bits per heavy atom. The van der Waals surface area contributed by atoms with Gasteiger partial charge in [-0.2, -0.15) is 0 Å². The second-order valence-electron chi connectivity index (χ2n) is 8.54. The Hall–Kier alpha value is -2.94. The standard InChI is InChI=1S/C25H30BrFN4O3/c1-6-21(32)30-9-8-17(13-30)31(7-2)23-16(5)18(11-20(26)22(23)27)24(33)28-12-19-14(3)10-15(4)29-25(19)34/h6,10-11,17H,1,7-9,12-13H2,2-5H3,(H,28,33)(H,29,34). The van der Waals surface area contributed by atoms with E-state index in [9.17, 15) is 14.4 Å². The summed E-state index contributed by atoms with van der Waals surface area (Å²) in [5.74, 6) is -0.994. The Kier molecular flexibility index (Phi) is 7.97. The lowest BCUT2D eigenvalue weighted by Crippen LogP contribution is -2.40. The fourth-order valence-corrected chi connectivity index (χ4v) is 4.99. The average Bonchev–Trinajstić information content (AvgIpc) is 3.27. The molecule has 1 atom stereocenters. The molecule has 0 bridgehead atoms. The lowest BCUT2D eigenvalue weighted by atomic mass is 10.0. The molecule has 2 heterocycles. The molecule has 0 aliphatic carbocycles. The van der Waals surface area contributed by atoms with Gasteiger partial charge in [-0.15, -0.1) is 0 Å². The summed E-state index contributed by atoms with van der Waals surface area (Å²) in [6.07, 6.45) is 1.97. The average molecular weight is 533 g/mol. The van der Waals surface area contributed by atoms with E-state index >= 15 is 4.39 Å². The van der Waals surface area contributed by atoms with Gasteiger partial charge in [0.15, 0.2) is 5.82 Å². The van der Waals surface area contributed by atoms with Gasteiger partial charge in [-0.05, 0) is 79.4 Å². The molecule has 2 amide bonds. The molecular weight excluding hydrogens is 503 g/mol. The molecule has 1 aromatic heterocycles. The Labute approximate surface area is 207 Å². The number of likely N-dealkylation sites (N-methyl/N-ethyl adjacent to an activating group) is 1. The van der Waals surface area contributed by atoms with Crippen LogP contribution in [0.1, 0.15) is 46.1 Å². The molecule has 1 fully saturated rings. The number of benzene rings is 1. The Morgan fingerprint density at radius 1 is 1.35 bits per heavy atom. The zero-order valence-corrected chi connectivity index (χ0v) is 21.5. The summed E-state index contributed by atoms with van der Waals surface area (Å²) in [5.41, 5.74) is 2.93. The normalized spacial score (nSPS) is 15.4. The third-order valence-electron chi connectivity index (χ3n) is 6.33. The maximum absolute atomic E-state index is 15.4. The van der Waals surface area contributed by atoms with Crippen molar-refractivity contribution in [2.75, 3.05) is 24.5 Å². The molecule has 1 aliphatic heterocycles. The van der Waals surface area contributed by atoms with Crippen molar-refractivity contribution in [3.05, 3.63) is 73.4 Å². The maximum atomic E-state index is 15.4. The van der Waals surface area contributed by atoms with E-state index in [1.165, 1.54) is 12.1 Å². The predicted octanol–water partition coefficient (Wildman–Crippen LogP) is 3.74. The molecule has 3 rings (SSSR count). The SMILES string of the molecule is C=CC(=O)N1CCC(N(CC)c2c(C)c(C(=O)NCc3c(C)cc(C)[nH]c3=O)cc(Br)c2F)C1. The largest absolute Gasteiger partial charge is 0.364 e. The smallest absolute Gasteiger partial charge is 0.253 e. The van der Waals surface area contributed by atoms with Gasteiger partial charge < -0.3 is 20.1 Å². The van der Waals surface area contributed by atoms with E-state index in [1.54, 1.807) is 18.7 Å². The minimum absolute atomic E-state index is 0.0583. The van der Waals surface area contributed by atoms with Gasteiger partial charge in [-0.3, -0.25) is 14.4 Å². The van der Waals surface area contributed by atoms with Gasteiger partial charge in [0.1, 0.15) is 0 Å². The van der Waals surface area contributed by atoms with Gasteiger partial charge in [-0.1, -0.05) is 6.58 Å². The molecule has 1 unspecified atom stereocenters. The van der Waals surface area contributed by atoms with Crippen molar-refractivity contribution in [2.45, 2.75) is 46.7 Å². The summed E-state index contributed by atoms with van der Waals surface area (Å²) in [7, 11) is 0. The van der Waals surface area contributed by atoms with E-state index < -0.39 is 11.7 Å². The van der Waals surface area contributed by atoms with Crippen LogP contribution in [0.25, 0.3) is 0 Å². The highest BCUT2D eigenvalue weighted by Gasteiger charge is 2.32. The van der Waals surface area contributed by atoms with Crippen molar-refractivity contribution in [3.63, 3.8) is 0 Å². The molecule has 1 aromatic carbocycles. The number of amides is 2. The van der Waals surface area contributed by atoms with Gasteiger partial charge in [0.05, 0.1) is 10.2 Å². The summed E-state index contributed by atoms with van der Waals surface area (Å²) in [6, 6.07) is 3.23. The molecule has 182 valence electrons. The number of aromatic amines is 1. The van der Waals surface area contributed by atoms with Crippen molar-refractivity contribution >= 4 is 33.4 Å². The first-order chi connectivity index (χ1) is 16.1. The number of anilines is 1. The third-order valence-corrected chi connectivity index (χ3v) is 6.91. The van der Waals surface area contributed by atoms with Crippen LogP contribution in [0.15, 0.2) is 34.1 Å². The highest BCUT2D eigenvalue weighted by atomic mass is 79.9. The number of aryl methyl sites for hydroxylation is 2. The topological polar surface area (TPSA) is 85.5 Å². The summed E-state index contributed by atoms with van der Waals surface area (Å²) in [6.45, 7) is 12.4. The molecule has 0 radical (unpaired) electrons. The molecule has 1 aliphatic rings. The van der Waals surface area contributed by atoms with Crippen LogP contribution >= 0.6 is 15.9 Å². The van der Waals surface area contributed by atoms with Crippen LogP contribution in [-0.4, -0.2) is 47.4 Å². The Bertz CT molecular complexity index is 1190. The van der Waals surface area contributed by atoms with Gasteiger partial charge in [0.2, 0.25) is 5.91 Å². The molecule has 9 heteroatoms. The second-order valence-corrected chi connectivity index (χ2v) is 9.39. The van der Waals surface area contributed by atoms with E-state index in [4.69, 9.17) is 0 Å². The predicted molar refractivity (Wildman–Crippen MR) is 135 cm³/mol. The van der Waals surface area contributed by atoms with E-state index in [-0.39, 0.29) is 28.5 Å². The monoisotopic (exact) mass is 532 g/mol. The summed E-state index contributed by atoms with van der Waals surface area (Å²) < 4.78 is 15.5. The van der Waals surface area contributed by atoms with Crippen LogP contribution in [0, 0.1) is 26.6 Å². The van der Waals surface area contributed by atoms with Crippen molar-refractivity contribution in [2.24, 2.45) is 0 Å². The van der Waals surface area contributed by atoms with Crippen molar-refractivity contribution < 1.29 is 14.0 Å². The number of carbonyl (C=O) groups is 2. The number of hydrogen-bond donors (Lipinski definition) is 2. The summed E-state index contributed by atoms with van der Waals surface area (Å²) >= 11 is 3.26. The molecule has 2 aromatic rings. The number of aromatic nitrogens is 1. The second kappa shape index (κ2) is 10.5. The number of halogens is 2. The molecular formula is C25H30BrFN4O3. The minimum Gasteiger partial charge on any atom is -0.364 e. The first-order valence-electron chi connectivity index (χ1n) is 11.2. The summed E-state index contributed by atoms with van der Waals surface area (Å²) in [4.78, 5) is 43.8. The quantitative estimate of drug-likeness (QED) is 0.532. The van der Waals surface area contributed by atoms with Gasteiger partial charge in [0.25, 0.3) is 11.5 Å². The van der Waals surface area contributed by atoms with E-state index in [0.29, 0.717) is 48.4 Å². The molecule has 0 saturated carbocycles. The lowest BCUT2D eigenvalue weighted by Gasteiger charge is -2.32. The van der Waals surface area contributed by atoms with Crippen LogP contribution < -0.4 is 15.8 Å². The molecule has 7 nitrogen and oxygen atoms in total. The Morgan fingerprint density at radius 3 is 2.68 bits per heavy atom. The van der Waals surface area contributed by atoms with Gasteiger partial charge in [0, 0.05) is 49.0 Å². The number of hydrogen-bond acceptors (Lipinski definition) is 4.